The highest BCUT2D eigenvalue weighted by atomic mass is 35.5. The predicted molar refractivity (Wildman–Crippen MR) is 112 cm³/mol. The molecule has 1 heterocycles. The van der Waals surface area contributed by atoms with Gasteiger partial charge in [0.15, 0.2) is 12.4 Å². The molecule has 0 atom stereocenters. The lowest BCUT2D eigenvalue weighted by molar-refractivity contribution is -0.118. The Morgan fingerprint density at radius 3 is 2.55 bits per heavy atom. The zero-order chi connectivity index (χ0) is 21.0. The van der Waals surface area contributed by atoms with E-state index in [2.05, 4.69) is 5.32 Å². The highest BCUT2D eigenvalue weighted by Crippen LogP contribution is 2.27. The molecule has 0 fully saturated rings. The van der Waals surface area contributed by atoms with Crippen molar-refractivity contribution in [2.24, 2.45) is 0 Å². The van der Waals surface area contributed by atoms with E-state index in [0.29, 0.717) is 11.4 Å². The molecule has 0 radical (unpaired) electrons. The van der Waals surface area contributed by atoms with Crippen LogP contribution in [-0.2, 0) is 14.8 Å². The Hall–Kier alpha value is -2.62. The molecule has 0 aliphatic heterocycles. The fourth-order valence-corrected chi connectivity index (χ4v) is 4.90. The summed E-state index contributed by atoms with van der Waals surface area (Å²) in [5.41, 5.74) is 0.401. The molecule has 2 aromatic carbocycles. The predicted octanol–water partition coefficient (Wildman–Crippen LogP) is 4.38. The number of benzene rings is 2. The van der Waals surface area contributed by atoms with Crippen LogP contribution in [0.5, 0.6) is 5.75 Å². The molecular formula is C19H16ClFN2O4S2. The number of thiophene rings is 1. The molecule has 1 amide bonds. The zero-order valence-electron chi connectivity index (χ0n) is 15.1. The smallest absolute Gasteiger partial charge is 0.273 e. The third-order valence-electron chi connectivity index (χ3n) is 3.91. The molecule has 0 bridgehead atoms. The first-order valence-electron chi connectivity index (χ1n) is 8.28. The summed E-state index contributed by atoms with van der Waals surface area (Å²) in [7, 11) is -2.17. The van der Waals surface area contributed by atoms with Gasteiger partial charge in [0.25, 0.3) is 15.9 Å². The maximum absolute atomic E-state index is 13.8. The maximum Gasteiger partial charge on any atom is 0.273 e. The lowest BCUT2D eigenvalue weighted by atomic mass is 10.3. The van der Waals surface area contributed by atoms with Crippen molar-refractivity contribution in [1.82, 2.24) is 0 Å². The highest BCUT2D eigenvalue weighted by Gasteiger charge is 2.22. The van der Waals surface area contributed by atoms with Crippen LogP contribution in [0, 0.1) is 5.82 Å². The minimum atomic E-state index is -3.63. The number of hydrogen-bond acceptors (Lipinski definition) is 5. The maximum atomic E-state index is 13.8. The quantitative estimate of drug-likeness (QED) is 0.574. The van der Waals surface area contributed by atoms with Gasteiger partial charge in [-0.2, -0.15) is 0 Å². The van der Waals surface area contributed by atoms with E-state index >= 15 is 0 Å². The summed E-state index contributed by atoms with van der Waals surface area (Å²) in [5, 5.41) is 3.97. The number of carbonyl (C=O) groups is 1. The van der Waals surface area contributed by atoms with Crippen molar-refractivity contribution in [3.8, 4) is 5.75 Å². The van der Waals surface area contributed by atoms with Crippen LogP contribution in [0.15, 0.2) is 64.2 Å². The summed E-state index contributed by atoms with van der Waals surface area (Å²) in [4.78, 5) is 12.0. The van der Waals surface area contributed by atoms with Crippen LogP contribution in [-0.4, -0.2) is 28.0 Å². The molecule has 29 heavy (non-hydrogen) atoms. The molecule has 10 heteroatoms. The number of ether oxygens (including phenoxy) is 1. The van der Waals surface area contributed by atoms with E-state index in [1.165, 1.54) is 31.3 Å². The number of amides is 1. The summed E-state index contributed by atoms with van der Waals surface area (Å²) < 4.78 is 45.6. The molecule has 3 rings (SSSR count). The normalized spacial score (nSPS) is 11.1. The van der Waals surface area contributed by atoms with E-state index in [4.69, 9.17) is 16.3 Å². The van der Waals surface area contributed by atoms with E-state index in [9.17, 15) is 17.6 Å². The Kier molecular flexibility index (Phi) is 6.41. The van der Waals surface area contributed by atoms with Crippen LogP contribution in [0.3, 0.4) is 0 Å². The molecule has 0 saturated carbocycles. The van der Waals surface area contributed by atoms with Gasteiger partial charge in [-0.1, -0.05) is 23.7 Å². The number of carbonyl (C=O) groups excluding carboxylic acids is 1. The largest absolute Gasteiger partial charge is 0.484 e. The Balaban J connectivity index is 1.61. The van der Waals surface area contributed by atoms with Crippen molar-refractivity contribution in [3.63, 3.8) is 0 Å². The van der Waals surface area contributed by atoms with Crippen LogP contribution in [0.2, 0.25) is 5.02 Å². The number of halogens is 2. The monoisotopic (exact) mass is 454 g/mol. The summed E-state index contributed by atoms with van der Waals surface area (Å²) in [6, 6.07) is 13.7. The SMILES string of the molecule is CN(c1ccc(OCC(=O)Nc2cccc(Cl)c2F)cc1)S(=O)(=O)c1cccs1. The number of hydrogen-bond donors (Lipinski definition) is 1. The molecule has 0 aliphatic carbocycles. The van der Waals surface area contributed by atoms with Gasteiger partial charge in [0, 0.05) is 7.05 Å². The van der Waals surface area contributed by atoms with Crippen LogP contribution in [0.4, 0.5) is 15.8 Å². The average Bonchev–Trinajstić information content (AvgIpc) is 3.25. The average molecular weight is 455 g/mol. The molecule has 1 aromatic heterocycles. The Morgan fingerprint density at radius 2 is 1.90 bits per heavy atom. The van der Waals surface area contributed by atoms with Gasteiger partial charge >= 0.3 is 0 Å². The first kappa shape index (κ1) is 21.1. The minimum Gasteiger partial charge on any atom is -0.484 e. The van der Waals surface area contributed by atoms with E-state index in [1.807, 2.05) is 0 Å². The Morgan fingerprint density at radius 1 is 1.17 bits per heavy atom. The second-order valence-electron chi connectivity index (χ2n) is 5.84. The zero-order valence-corrected chi connectivity index (χ0v) is 17.5. The first-order valence-corrected chi connectivity index (χ1v) is 11.0. The van der Waals surface area contributed by atoms with Crippen molar-refractivity contribution in [3.05, 3.63) is 70.8 Å². The Bertz CT molecular complexity index is 1100. The van der Waals surface area contributed by atoms with Gasteiger partial charge in [-0.25, -0.2) is 12.8 Å². The summed E-state index contributed by atoms with van der Waals surface area (Å²) in [6.07, 6.45) is 0. The third kappa shape index (κ3) is 4.87. The highest BCUT2D eigenvalue weighted by molar-refractivity contribution is 7.94. The number of rotatable bonds is 7. The minimum absolute atomic E-state index is 0.0399. The molecule has 152 valence electrons. The van der Waals surface area contributed by atoms with Gasteiger partial charge in [-0.3, -0.25) is 9.10 Å². The molecule has 6 nitrogen and oxygen atoms in total. The molecule has 1 N–H and O–H groups in total. The molecule has 3 aromatic rings. The van der Waals surface area contributed by atoms with Gasteiger partial charge < -0.3 is 10.1 Å². The lowest BCUT2D eigenvalue weighted by Gasteiger charge is -2.18. The second kappa shape index (κ2) is 8.81. The van der Waals surface area contributed by atoms with Gasteiger partial charge in [-0.05, 0) is 47.8 Å². The van der Waals surface area contributed by atoms with Gasteiger partial charge in [0.1, 0.15) is 9.96 Å². The van der Waals surface area contributed by atoms with Crippen LogP contribution < -0.4 is 14.4 Å². The van der Waals surface area contributed by atoms with Crippen LogP contribution >= 0.6 is 22.9 Å². The van der Waals surface area contributed by atoms with Crippen molar-refractivity contribution >= 4 is 50.2 Å². The third-order valence-corrected chi connectivity index (χ3v) is 7.36. The van der Waals surface area contributed by atoms with Crippen molar-refractivity contribution in [2.45, 2.75) is 4.21 Å². The topological polar surface area (TPSA) is 75.7 Å². The summed E-state index contributed by atoms with van der Waals surface area (Å²) >= 11 is 6.81. The fraction of sp³-hybridized carbons (Fsp3) is 0.105. The van der Waals surface area contributed by atoms with E-state index < -0.39 is 21.7 Å². The van der Waals surface area contributed by atoms with E-state index in [1.54, 1.807) is 35.7 Å². The lowest BCUT2D eigenvalue weighted by Crippen LogP contribution is -2.25. The van der Waals surface area contributed by atoms with Gasteiger partial charge in [0.2, 0.25) is 0 Å². The molecular weight excluding hydrogens is 439 g/mol. The second-order valence-corrected chi connectivity index (χ2v) is 9.39. The molecule has 0 unspecified atom stereocenters. The van der Waals surface area contributed by atoms with Crippen molar-refractivity contribution in [1.29, 1.82) is 0 Å². The standard InChI is InChI=1S/C19H16ClFN2O4S2/c1-23(29(25,26)18-6-3-11-28-18)13-7-9-14(10-8-13)27-12-17(24)22-16-5-2-4-15(20)19(16)21/h2-11H,12H2,1H3,(H,22,24). The molecule has 0 saturated heterocycles. The number of nitrogens with zero attached hydrogens (tertiary/aromatic N) is 1. The molecule has 0 spiro atoms. The van der Waals surface area contributed by atoms with E-state index in [0.717, 1.165) is 15.6 Å². The summed E-state index contributed by atoms with van der Waals surface area (Å²) in [5.74, 6) is -0.924. The number of anilines is 2. The van der Waals surface area contributed by atoms with Crippen LogP contribution in [0.1, 0.15) is 0 Å². The Labute approximate surface area is 176 Å². The summed E-state index contributed by atoms with van der Waals surface area (Å²) in [6.45, 7) is -0.353. The van der Waals surface area contributed by atoms with Crippen LogP contribution in [0.25, 0.3) is 0 Å². The fourth-order valence-electron chi connectivity index (χ4n) is 2.37. The molecule has 0 aliphatic rings. The van der Waals surface area contributed by atoms with Crippen molar-refractivity contribution in [2.75, 3.05) is 23.3 Å². The van der Waals surface area contributed by atoms with Gasteiger partial charge in [0.05, 0.1) is 16.4 Å². The number of nitrogens with one attached hydrogen (secondary N) is 1. The van der Waals surface area contributed by atoms with Gasteiger partial charge in [-0.15, -0.1) is 11.3 Å². The van der Waals surface area contributed by atoms with Crippen molar-refractivity contribution < 1.29 is 22.3 Å². The van der Waals surface area contributed by atoms with E-state index in [-0.39, 0.29) is 21.5 Å². The first-order chi connectivity index (χ1) is 13.8. The number of sulfonamides is 1.